The van der Waals surface area contributed by atoms with Crippen LogP contribution in [0.5, 0.6) is 5.75 Å². The number of rotatable bonds is 5. The molecular weight excluding hydrogens is 330 g/mol. The van der Waals surface area contributed by atoms with Gasteiger partial charge in [0.05, 0.1) is 11.0 Å². The van der Waals surface area contributed by atoms with Gasteiger partial charge in [0.1, 0.15) is 0 Å². The third kappa shape index (κ3) is 5.14. The van der Waals surface area contributed by atoms with E-state index in [2.05, 4.69) is 4.74 Å². The fraction of sp³-hybridized carbons (Fsp3) is 0.588. The maximum Gasteiger partial charge on any atom is 0.511 e. The first-order valence-electron chi connectivity index (χ1n) is 8.41. The van der Waals surface area contributed by atoms with Crippen molar-refractivity contribution in [3.63, 3.8) is 0 Å². The number of carboxylic acid groups (broad SMARTS) is 1. The molecule has 0 aliphatic heterocycles. The van der Waals surface area contributed by atoms with Crippen molar-refractivity contribution in [3.05, 3.63) is 33.9 Å². The fourth-order valence-corrected chi connectivity index (χ4v) is 3.43. The quantitative estimate of drug-likeness (QED) is 0.271. The van der Waals surface area contributed by atoms with Crippen LogP contribution in [0.25, 0.3) is 0 Å². The molecule has 2 N–H and O–H groups in total. The molecule has 0 bridgehead atoms. The van der Waals surface area contributed by atoms with Crippen LogP contribution in [0.3, 0.4) is 0 Å². The molecular formula is C17H23NO7. The molecule has 1 aliphatic carbocycles. The molecule has 1 aromatic rings. The van der Waals surface area contributed by atoms with Gasteiger partial charge in [-0.15, -0.1) is 0 Å². The molecule has 1 aliphatic rings. The van der Waals surface area contributed by atoms with E-state index in [9.17, 15) is 20.0 Å². The van der Waals surface area contributed by atoms with E-state index in [1.165, 1.54) is 13.0 Å². The lowest BCUT2D eigenvalue weighted by atomic mass is 9.82. The van der Waals surface area contributed by atoms with Gasteiger partial charge in [-0.25, -0.2) is 4.79 Å². The molecule has 3 unspecified atom stereocenters. The summed E-state index contributed by atoms with van der Waals surface area (Å²) in [7, 11) is 0. The lowest BCUT2D eigenvalue weighted by Crippen LogP contribution is -2.28. The second-order valence-corrected chi connectivity index (χ2v) is 6.19. The van der Waals surface area contributed by atoms with E-state index < -0.39 is 17.4 Å². The zero-order chi connectivity index (χ0) is 18.4. The van der Waals surface area contributed by atoms with Crippen LogP contribution in [0.1, 0.15) is 56.9 Å². The number of hydrogen-bond acceptors (Lipinski definition) is 6. The molecule has 0 aromatic heterocycles. The molecule has 3 atom stereocenters. The monoisotopic (exact) mass is 353 g/mol. The van der Waals surface area contributed by atoms with Gasteiger partial charge in [0.2, 0.25) is 5.75 Å². The topological polar surface area (TPSA) is 119 Å². The molecule has 0 spiro atoms. The van der Waals surface area contributed by atoms with E-state index in [1.807, 2.05) is 0 Å². The van der Waals surface area contributed by atoms with Crippen LogP contribution in [0.4, 0.5) is 10.5 Å². The Hall–Kier alpha value is -2.19. The standard InChI is InChI=1S/C17H23NO7/c1-11(19)24-14-9-5-3-2-4-7-12(14)13-8-6-10-15(25-17(20)21)16(13)18(22)23/h6,8,10-12,14,19H,2-5,7,9H2,1H3,(H,20,21). The molecule has 8 heteroatoms. The minimum atomic E-state index is -1.60. The predicted molar refractivity (Wildman–Crippen MR) is 88.7 cm³/mol. The summed E-state index contributed by atoms with van der Waals surface area (Å²) in [6, 6.07) is 4.42. The van der Waals surface area contributed by atoms with Gasteiger partial charge in [-0.05, 0) is 25.8 Å². The Kier molecular flexibility index (Phi) is 6.72. The zero-order valence-electron chi connectivity index (χ0n) is 14.1. The van der Waals surface area contributed by atoms with Crippen molar-refractivity contribution in [2.75, 3.05) is 0 Å². The molecule has 2 rings (SSSR count). The Balaban J connectivity index is 2.46. The van der Waals surface area contributed by atoms with Gasteiger partial charge in [-0.2, -0.15) is 0 Å². The van der Waals surface area contributed by atoms with Crippen LogP contribution < -0.4 is 4.74 Å². The first-order chi connectivity index (χ1) is 11.9. The van der Waals surface area contributed by atoms with Gasteiger partial charge in [-0.3, -0.25) is 10.1 Å². The van der Waals surface area contributed by atoms with E-state index in [-0.39, 0.29) is 23.5 Å². The highest BCUT2D eigenvalue weighted by atomic mass is 16.7. The number of aliphatic hydroxyl groups excluding tert-OH is 1. The Labute approximate surface area is 145 Å². The van der Waals surface area contributed by atoms with E-state index in [4.69, 9.17) is 9.84 Å². The van der Waals surface area contributed by atoms with Crippen molar-refractivity contribution < 1.29 is 29.4 Å². The van der Waals surface area contributed by atoms with Crippen molar-refractivity contribution in [1.82, 2.24) is 0 Å². The van der Waals surface area contributed by atoms with Gasteiger partial charge in [0.15, 0.2) is 6.29 Å². The summed E-state index contributed by atoms with van der Waals surface area (Å²) >= 11 is 0. The minimum absolute atomic E-state index is 0.298. The van der Waals surface area contributed by atoms with E-state index in [1.54, 1.807) is 12.1 Å². The third-order valence-corrected chi connectivity index (χ3v) is 4.38. The highest BCUT2D eigenvalue weighted by Crippen LogP contribution is 2.41. The second-order valence-electron chi connectivity index (χ2n) is 6.19. The average Bonchev–Trinajstić information content (AvgIpc) is 2.49. The molecule has 1 saturated carbocycles. The number of benzene rings is 1. The fourth-order valence-electron chi connectivity index (χ4n) is 3.43. The number of ether oxygens (including phenoxy) is 2. The first-order valence-corrected chi connectivity index (χ1v) is 8.41. The number of carbonyl (C=O) groups is 1. The smallest absolute Gasteiger partial charge is 0.449 e. The highest BCUT2D eigenvalue weighted by Gasteiger charge is 2.34. The van der Waals surface area contributed by atoms with Gasteiger partial charge in [0.25, 0.3) is 0 Å². The summed E-state index contributed by atoms with van der Waals surface area (Å²) in [4.78, 5) is 21.8. The van der Waals surface area contributed by atoms with E-state index >= 15 is 0 Å². The number of nitro groups is 1. The van der Waals surface area contributed by atoms with Crippen LogP contribution in [-0.2, 0) is 4.74 Å². The van der Waals surface area contributed by atoms with Crippen molar-refractivity contribution in [2.24, 2.45) is 0 Å². The SMILES string of the molecule is CC(O)OC1CCCCCCC1c1cccc(OC(=O)O)c1[N+](=O)[O-]. The van der Waals surface area contributed by atoms with Crippen LogP contribution in [0.15, 0.2) is 18.2 Å². The molecule has 25 heavy (non-hydrogen) atoms. The Morgan fingerprint density at radius 3 is 2.56 bits per heavy atom. The van der Waals surface area contributed by atoms with Crippen molar-refractivity contribution in [2.45, 2.75) is 63.8 Å². The van der Waals surface area contributed by atoms with Gasteiger partial charge >= 0.3 is 11.8 Å². The van der Waals surface area contributed by atoms with E-state index in [0.717, 1.165) is 25.7 Å². The average molecular weight is 353 g/mol. The summed E-state index contributed by atoms with van der Waals surface area (Å²) in [5.41, 5.74) is 0.0333. The number of nitrogens with zero attached hydrogens (tertiary/aromatic N) is 1. The maximum atomic E-state index is 11.6. The van der Waals surface area contributed by atoms with Gasteiger partial charge in [-0.1, -0.05) is 37.8 Å². The Morgan fingerprint density at radius 1 is 1.28 bits per heavy atom. The van der Waals surface area contributed by atoms with Crippen LogP contribution in [-0.4, -0.2) is 33.7 Å². The molecule has 138 valence electrons. The van der Waals surface area contributed by atoms with Crippen LogP contribution in [0, 0.1) is 10.1 Å². The van der Waals surface area contributed by atoms with Crippen molar-refractivity contribution in [1.29, 1.82) is 0 Å². The number of hydrogen-bond donors (Lipinski definition) is 2. The van der Waals surface area contributed by atoms with Crippen molar-refractivity contribution >= 4 is 11.8 Å². The molecule has 0 heterocycles. The lowest BCUT2D eigenvalue weighted by Gasteiger charge is -2.30. The van der Waals surface area contributed by atoms with Gasteiger partial charge < -0.3 is 19.7 Å². The van der Waals surface area contributed by atoms with Crippen LogP contribution >= 0.6 is 0 Å². The number of nitro benzene ring substituents is 1. The number of aliphatic hydroxyl groups is 1. The first kappa shape index (κ1) is 19.1. The van der Waals surface area contributed by atoms with E-state index in [0.29, 0.717) is 18.4 Å². The second kappa shape index (κ2) is 8.77. The van der Waals surface area contributed by atoms with Crippen molar-refractivity contribution in [3.8, 4) is 5.75 Å². The largest absolute Gasteiger partial charge is 0.511 e. The molecule has 8 nitrogen and oxygen atoms in total. The molecule has 1 fully saturated rings. The summed E-state index contributed by atoms with van der Waals surface area (Å²) in [6.07, 6.45) is 2.25. The Bertz CT molecular complexity index is 617. The predicted octanol–water partition coefficient (Wildman–Crippen LogP) is 3.81. The molecule has 0 saturated heterocycles. The zero-order valence-corrected chi connectivity index (χ0v) is 14.1. The summed E-state index contributed by atoms with van der Waals surface area (Å²) in [6.45, 7) is 1.51. The highest BCUT2D eigenvalue weighted by molar-refractivity contribution is 5.66. The Morgan fingerprint density at radius 2 is 1.96 bits per heavy atom. The summed E-state index contributed by atoms with van der Waals surface area (Å²) < 4.78 is 10.2. The van der Waals surface area contributed by atoms with Crippen LogP contribution in [0.2, 0.25) is 0 Å². The minimum Gasteiger partial charge on any atom is -0.449 e. The summed E-state index contributed by atoms with van der Waals surface area (Å²) in [5.74, 6) is -0.611. The maximum absolute atomic E-state index is 11.6. The van der Waals surface area contributed by atoms with Gasteiger partial charge in [0, 0.05) is 11.5 Å². The molecule has 0 radical (unpaired) electrons. The number of para-hydroxylation sites is 1. The lowest BCUT2D eigenvalue weighted by molar-refractivity contribution is -0.386. The molecule has 1 aromatic carbocycles. The normalized spacial score (nSPS) is 22.5. The summed E-state index contributed by atoms with van der Waals surface area (Å²) in [5, 5.41) is 30.0. The molecule has 0 amide bonds. The third-order valence-electron chi connectivity index (χ3n) is 4.38.